The van der Waals surface area contributed by atoms with Gasteiger partial charge < -0.3 is 10.1 Å². The summed E-state index contributed by atoms with van der Waals surface area (Å²) < 4.78 is 0. The molecule has 3 aromatic rings. The van der Waals surface area contributed by atoms with Crippen LogP contribution >= 0.6 is 11.6 Å². The van der Waals surface area contributed by atoms with Gasteiger partial charge in [0.05, 0.1) is 17.4 Å². The number of benzene rings is 2. The van der Waals surface area contributed by atoms with Crippen molar-refractivity contribution < 1.29 is 5.11 Å². The molecule has 0 spiro atoms. The number of nitrogens with one attached hydrogen (secondary N) is 1. The summed E-state index contributed by atoms with van der Waals surface area (Å²) in [6, 6.07) is 12.2. The standard InChI is InChI=1S/C17H16ClN3O2/c1-21(9-11-4-2-3-5-15(11)22)10-16-19-14-7-6-12(18)8-13(14)17(23)20-16/h2-8,22H,9-10H2,1H3,(H,19,20,23). The third-order valence-corrected chi connectivity index (χ3v) is 3.80. The molecule has 6 heteroatoms. The number of hydrogen-bond acceptors (Lipinski definition) is 4. The second-order valence-corrected chi connectivity index (χ2v) is 5.91. The van der Waals surface area contributed by atoms with Gasteiger partial charge in [-0.15, -0.1) is 0 Å². The van der Waals surface area contributed by atoms with E-state index >= 15 is 0 Å². The molecular weight excluding hydrogens is 314 g/mol. The molecule has 0 aliphatic carbocycles. The Bertz CT molecular complexity index is 908. The van der Waals surface area contributed by atoms with Crippen molar-refractivity contribution in [1.29, 1.82) is 0 Å². The van der Waals surface area contributed by atoms with Gasteiger partial charge in [0.1, 0.15) is 11.6 Å². The van der Waals surface area contributed by atoms with Crippen LogP contribution in [0.15, 0.2) is 47.3 Å². The highest BCUT2D eigenvalue weighted by Gasteiger charge is 2.09. The molecule has 0 bridgehead atoms. The minimum Gasteiger partial charge on any atom is -0.508 e. The Morgan fingerprint density at radius 3 is 2.78 bits per heavy atom. The van der Waals surface area contributed by atoms with Crippen LogP contribution in [0.5, 0.6) is 5.75 Å². The first kappa shape index (κ1) is 15.5. The molecule has 0 saturated carbocycles. The highest BCUT2D eigenvalue weighted by molar-refractivity contribution is 6.31. The fourth-order valence-corrected chi connectivity index (χ4v) is 2.65. The number of hydrogen-bond donors (Lipinski definition) is 2. The Kier molecular flexibility index (Phi) is 4.32. The summed E-state index contributed by atoms with van der Waals surface area (Å²) in [6.45, 7) is 1.01. The topological polar surface area (TPSA) is 69.2 Å². The van der Waals surface area contributed by atoms with Gasteiger partial charge in [-0.05, 0) is 31.3 Å². The Labute approximate surface area is 138 Å². The van der Waals surface area contributed by atoms with Crippen LogP contribution in [0, 0.1) is 0 Å². The van der Waals surface area contributed by atoms with E-state index in [1.807, 2.05) is 24.1 Å². The predicted molar refractivity (Wildman–Crippen MR) is 90.7 cm³/mol. The van der Waals surface area contributed by atoms with Gasteiger partial charge in [-0.25, -0.2) is 4.98 Å². The lowest BCUT2D eigenvalue weighted by atomic mass is 10.2. The lowest BCUT2D eigenvalue weighted by molar-refractivity contribution is 0.305. The molecule has 0 unspecified atom stereocenters. The Morgan fingerprint density at radius 2 is 2.00 bits per heavy atom. The molecule has 23 heavy (non-hydrogen) atoms. The van der Waals surface area contributed by atoms with Crippen molar-refractivity contribution >= 4 is 22.5 Å². The molecule has 0 saturated heterocycles. The van der Waals surface area contributed by atoms with Gasteiger partial charge in [0.15, 0.2) is 0 Å². The third kappa shape index (κ3) is 3.52. The number of phenolic OH excluding ortho intramolecular Hbond substituents is 1. The van der Waals surface area contributed by atoms with Gasteiger partial charge in [0, 0.05) is 17.1 Å². The van der Waals surface area contributed by atoms with Gasteiger partial charge in [0.25, 0.3) is 5.56 Å². The highest BCUT2D eigenvalue weighted by atomic mass is 35.5. The van der Waals surface area contributed by atoms with Crippen molar-refractivity contribution in [3.8, 4) is 5.75 Å². The third-order valence-electron chi connectivity index (χ3n) is 3.57. The molecule has 0 aliphatic rings. The van der Waals surface area contributed by atoms with Gasteiger partial charge in [-0.3, -0.25) is 9.69 Å². The first-order valence-electron chi connectivity index (χ1n) is 7.17. The minimum atomic E-state index is -0.205. The number of halogens is 1. The maximum absolute atomic E-state index is 12.1. The molecule has 1 aromatic heterocycles. The molecule has 0 radical (unpaired) electrons. The van der Waals surface area contributed by atoms with E-state index in [4.69, 9.17) is 11.6 Å². The number of fused-ring (bicyclic) bond motifs is 1. The average molecular weight is 330 g/mol. The van der Waals surface area contributed by atoms with Crippen LogP contribution in [0.25, 0.3) is 10.9 Å². The van der Waals surface area contributed by atoms with Crippen molar-refractivity contribution in [2.75, 3.05) is 7.05 Å². The van der Waals surface area contributed by atoms with E-state index in [0.717, 1.165) is 5.56 Å². The van der Waals surface area contributed by atoms with Crippen LogP contribution in [-0.4, -0.2) is 27.0 Å². The van der Waals surface area contributed by atoms with E-state index in [1.54, 1.807) is 30.3 Å². The van der Waals surface area contributed by atoms with Crippen molar-refractivity contribution in [3.63, 3.8) is 0 Å². The summed E-state index contributed by atoms with van der Waals surface area (Å²) in [6.07, 6.45) is 0. The largest absolute Gasteiger partial charge is 0.508 e. The number of nitrogens with zero attached hydrogens (tertiary/aromatic N) is 2. The molecular formula is C17H16ClN3O2. The SMILES string of the molecule is CN(Cc1nc2ccc(Cl)cc2c(=O)[nH]1)Cc1ccccc1O. The smallest absolute Gasteiger partial charge is 0.258 e. The fraction of sp³-hybridized carbons (Fsp3) is 0.176. The first-order chi connectivity index (χ1) is 11.0. The normalized spacial score (nSPS) is 11.3. The molecule has 2 aromatic carbocycles. The monoisotopic (exact) mass is 329 g/mol. The first-order valence-corrected chi connectivity index (χ1v) is 7.54. The Hall–Kier alpha value is -2.37. The second kappa shape index (κ2) is 6.40. The maximum atomic E-state index is 12.1. The Balaban J connectivity index is 1.82. The quantitative estimate of drug-likeness (QED) is 0.772. The summed E-state index contributed by atoms with van der Waals surface area (Å²) in [4.78, 5) is 21.3. The van der Waals surface area contributed by atoms with Crippen molar-refractivity contribution in [2.45, 2.75) is 13.1 Å². The van der Waals surface area contributed by atoms with Crippen LogP contribution in [0.1, 0.15) is 11.4 Å². The van der Waals surface area contributed by atoms with E-state index in [0.29, 0.717) is 34.8 Å². The van der Waals surface area contributed by atoms with Crippen molar-refractivity contribution in [3.05, 3.63) is 69.2 Å². The van der Waals surface area contributed by atoms with E-state index < -0.39 is 0 Å². The van der Waals surface area contributed by atoms with Gasteiger partial charge in [0.2, 0.25) is 0 Å². The van der Waals surface area contributed by atoms with Gasteiger partial charge in [-0.2, -0.15) is 0 Å². The number of rotatable bonds is 4. The number of H-pyrrole nitrogens is 1. The van der Waals surface area contributed by atoms with Gasteiger partial charge in [-0.1, -0.05) is 29.8 Å². The maximum Gasteiger partial charge on any atom is 0.258 e. The number of aromatic nitrogens is 2. The Morgan fingerprint density at radius 1 is 1.22 bits per heavy atom. The van der Waals surface area contributed by atoms with Crippen molar-refractivity contribution in [2.24, 2.45) is 0 Å². The molecule has 2 N–H and O–H groups in total. The number of phenols is 1. The predicted octanol–water partition coefficient (Wildman–Crippen LogP) is 2.91. The zero-order chi connectivity index (χ0) is 16.4. The van der Waals surface area contributed by atoms with Crippen LogP contribution in [-0.2, 0) is 13.1 Å². The zero-order valence-corrected chi connectivity index (χ0v) is 13.3. The minimum absolute atomic E-state index is 0.205. The molecule has 0 fully saturated rings. The average Bonchev–Trinajstić information content (AvgIpc) is 2.50. The lowest BCUT2D eigenvalue weighted by Gasteiger charge is -2.17. The molecule has 5 nitrogen and oxygen atoms in total. The van der Waals surface area contributed by atoms with E-state index in [-0.39, 0.29) is 11.3 Å². The summed E-state index contributed by atoms with van der Waals surface area (Å²) in [5, 5.41) is 10.8. The fourth-order valence-electron chi connectivity index (χ4n) is 2.48. The second-order valence-electron chi connectivity index (χ2n) is 5.48. The molecule has 0 aliphatic heterocycles. The molecule has 1 heterocycles. The van der Waals surface area contributed by atoms with Crippen LogP contribution in [0.4, 0.5) is 0 Å². The van der Waals surface area contributed by atoms with Gasteiger partial charge >= 0.3 is 0 Å². The molecule has 0 atom stereocenters. The van der Waals surface area contributed by atoms with E-state index in [2.05, 4.69) is 9.97 Å². The zero-order valence-electron chi connectivity index (χ0n) is 12.6. The lowest BCUT2D eigenvalue weighted by Crippen LogP contribution is -2.21. The number of aromatic amines is 1. The molecule has 118 valence electrons. The molecule has 3 rings (SSSR count). The van der Waals surface area contributed by atoms with Crippen LogP contribution in [0.2, 0.25) is 5.02 Å². The summed E-state index contributed by atoms with van der Waals surface area (Å²) in [7, 11) is 1.90. The number of para-hydroxylation sites is 1. The summed E-state index contributed by atoms with van der Waals surface area (Å²) in [5.41, 5.74) is 1.23. The van der Waals surface area contributed by atoms with Crippen LogP contribution < -0.4 is 5.56 Å². The van der Waals surface area contributed by atoms with E-state index in [9.17, 15) is 9.90 Å². The van der Waals surface area contributed by atoms with Crippen molar-refractivity contribution in [1.82, 2.24) is 14.9 Å². The highest BCUT2D eigenvalue weighted by Crippen LogP contribution is 2.18. The van der Waals surface area contributed by atoms with E-state index in [1.165, 1.54) is 0 Å². The number of aromatic hydroxyl groups is 1. The summed E-state index contributed by atoms with van der Waals surface area (Å²) >= 11 is 5.91. The van der Waals surface area contributed by atoms with Crippen LogP contribution in [0.3, 0.4) is 0 Å². The summed E-state index contributed by atoms with van der Waals surface area (Å²) in [5.74, 6) is 0.830. The molecule has 0 amide bonds.